The van der Waals surface area contributed by atoms with Gasteiger partial charge in [0.15, 0.2) is 0 Å². The number of aromatic nitrogens is 4. The predicted molar refractivity (Wildman–Crippen MR) is 118 cm³/mol. The Morgan fingerprint density at radius 1 is 1.23 bits per heavy atom. The number of nitrogens with one attached hydrogen (secondary N) is 1. The zero-order chi connectivity index (χ0) is 22.2. The zero-order valence-electron chi connectivity index (χ0n) is 18.9. The number of fused-ring (bicyclic) bond motifs is 1. The Morgan fingerprint density at radius 3 is 2.65 bits per heavy atom. The number of benzene rings is 1. The van der Waals surface area contributed by atoms with E-state index >= 15 is 0 Å². The molecular weight excluding hydrogens is 394 g/mol. The van der Waals surface area contributed by atoms with Crippen LogP contribution in [-0.4, -0.2) is 37.7 Å². The Morgan fingerprint density at radius 2 is 1.97 bits per heavy atom. The number of amides is 1. The summed E-state index contributed by atoms with van der Waals surface area (Å²) in [6.45, 7) is 9.82. The maximum absolute atomic E-state index is 12.0. The lowest BCUT2D eigenvalue weighted by atomic mass is 9.86. The van der Waals surface area contributed by atoms with Gasteiger partial charge in [-0.2, -0.15) is 10.1 Å². The van der Waals surface area contributed by atoms with E-state index in [1.54, 1.807) is 0 Å². The van der Waals surface area contributed by atoms with E-state index in [0.29, 0.717) is 11.7 Å². The largest absolute Gasteiger partial charge is 0.444 e. The summed E-state index contributed by atoms with van der Waals surface area (Å²) in [7, 11) is 0. The number of alkyl carbamates (subject to hydrolysis) is 1. The molecule has 0 atom stereocenters. The molecule has 0 spiro atoms. The first-order valence-electron chi connectivity index (χ1n) is 11.0. The Labute approximate surface area is 182 Å². The topological polar surface area (TPSA) is 95.1 Å². The van der Waals surface area contributed by atoms with Gasteiger partial charge in [0.25, 0.3) is 0 Å². The molecule has 1 aromatic carbocycles. The minimum absolute atomic E-state index is 0.118. The van der Waals surface area contributed by atoms with Gasteiger partial charge < -0.3 is 14.6 Å². The molecule has 2 heterocycles. The molecule has 1 aliphatic carbocycles. The summed E-state index contributed by atoms with van der Waals surface area (Å²) in [4.78, 5) is 16.7. The molecule has 0 radical (unpaired) electrons. The monoisotopic (exact) mass is 425 g/mol. The summed E-state index contributed by atoms with van der Waals surface area (Å²) >= 11 is 0. The van der Waals surface area contributed by atoms with Crippen LogP contribution in [0.3, 0.4) is 0 Å². The normalized spacial score (nSPS) is 19.7. The van der Waals surface area contributed by atoms with Gasteiger partial charge in [-0.3, -0.25) is 4.68 Å². The number of rotatable bonds is 4. The molecule has 0 saturated heterocycles. The third-order valence-corrected chi connectivity index (χ3v) is 5.58. The molecule has 166 valence electrons. The molecule has 31 heavy (non-hydrogen) atoms. The van der Waals surface area contributed by atoms with Gasteiger partial charge in [-0.05, 0) is 66.4 Å². The summed E-state index contributed by atoms with van der Waals surface area (Å²) in [5.41, 5.74) is 1.50. The second-order valence-electron chi connectivity index (χ2n) is 9.61. The van der Waals surface area contributed by atoms with Gasteiger partial charge >= 0.3 is 6.09 Å². The van der Waals surface area contributed by atoms with Gasteiger partial charge in [-0.1, -0.05) is 17.3 Å². The number of carbonyl (C=O) groups excluding carboxylic acids is 1. The molecule has 2 aromatic heterocycles. The molecular formula is C23H31N5O3. The van der Waals surface area contributed by atoms with E-state index in [9.17, 15) is 4.79 Å². The van der Waals surface area contributed by atoms with Crippen molar-refractivity contribution in [3.05, 3.63) is 30.3 Å². The minimum atomic E-state index is -0.489. The van der Waals surface area contributed by atoms with Crippen molar-refractivity contribution < 1.29 is 14.1 Å². The van der Waals surface area contributed by atoms with Crippen molar-refractivity contribution >= 4 is 17.0 Å². The van der Waals surface area contributed by atoms with Gasteiger partial charge in [0.1, 0.15) is 5.60 Å². The lowest BCUT2D eigenvalue weighted by molar-refractivity contribution is 0.0490. The summed E-state index contributed by atoms with van der Waals surface area (Å²) in [6, 6.07) is 6.51. The maximum Gasteiger partial charge on any atom is 0.407 e. The fraction of sp³-hybridized carbons (Fsp3) is 0.565. The number of carbonyl (C=O) groups is 1. The summed E-state index contributed by atoms with van der Waals surface area (Å²) < 4.78 is 13.0. The van der Waals surface area contributed by atoms with Crippen LogP contribution < -0.4 is 5.32 Å². The van der Waals surface area contributed by atoms with Crippen molar-refractivity contribution in [2.24, 2.45) is 0 Å². The van der Waals surface area contributed by atoms with Gasteiger partial charge in [0.05, 0.1) is 11.7 Å². The fourth-order valence-corrected chi connectivity index (χ4v) is 4.07. The third kappa shape index (κ3) is 4.89. The number of hydrogen-bond donors (Lipinski definition) is 1. The van der Waals surface area contributed by atoms with Crippen LogP contribution in [0.2, 0.25) is 0 Å². The van der Waals surface area contributed by atoms with E-state index in [1.165, 1.54) is 0 Å². The second-order valence-corrected chi connectivity index (χ2v) is 9.61. The molecule has 8 heteroatoms. The highest BCUT2D eigenvalue weighted by Gasteiger charge is 2.28. The number of ether oxygens (including phenoxy) is 1. The van der Waals surface area contributed by atoms with Crippen molar-refractivity contribution in [2.75, 3.05) is 0 Å². The first-order valence-corrected chi connectivity index (χ1v) is 11.0. The second kappa shape index (κ2) is 8.32. The Bertz CT molecular complexity index is 1050. The highest BCUT2D eigenvalue weighted by molar-refractivity contribution is 5.83. The van der Waals surface area contributed by atoms with Gasteiger partial charge in [0.2, 0.25) is 11.7 Å². The van der Waals surface area contributed by atoms with Crippen LogP contribution in [0.25, 0.3) is 22.3 Å². The molecule has 1 aliphatic rings. The van der Waals surface area contributed by atoms with Crippen LogP contribution in [-0.2, 0) is 4.74 Å². The highest BCUT2D eigenvalue weighted by atomic mass is 16.6. The van der Waals surface area contributed by atoms with E-state index in [1.807, 2.05) is 43.8 Å². The molecule has 1 fully saturated rings. The lowest BCUT2D eigenvalue weighted by Crippen LogP contribution is -2.40. The zero-order valence-corrected chi connectivity index (χ0v) is 18.9. The molecule has 4 rings (SSSR count). The minimum Gasteiger partial charge on any atom is -0.444 e. The van der Waals surface area contributed by atoms with E-state index in [-0.39, 0.29) is 24.1 Å². The van der Waals surface area contributed by atoms with Crippen molar-refractivity contribution in [1.29, 1.82) is 0 Å². The summed E-state index contributed by atoms with van der Waals surface area (Å²) in [6.07, 6.45) is 5.03. The molecule has 3 aromatic rings. The third-order valence-electron chi connectivity index (χ3n) is 5.58. The fourth-order valence-electron chi connectivity index (χ4n) is 4.07. The molecule has 1 amide bonds. The van der Waals surface area contributed by atoms with Gasteiger partial charge in [-0.25, -0.2) is 4.79 Å². The highest BCUT2D eigenvalue weighted by Crippen LogP contribution is 2.33. The van der Waals surface area contributed by atoms with E-state index in [4.69, 9.17) is 9.26 Å². The molecule has 8 nitrogen and oxygen atoms in total. The number of nitrogens with zero attached hydrogens (tertiary/aromatic N) is 4. The predicted octanol–water partition coefficient (Wildman–Crippen LogP) is 5.22. The molecule has 1 N–H and O–H groups in total. The average Bonchev–Trinajstić information content (AvgIpc) is 3.34. The Hall–Kier alpha value is -2.90. The quantitative estimate of drug-likeness (QED) is 0.616. The molecule has 0 aliphatic heterocycles. The molecule has 0 unspecified atom stereocenters. The van der Waals surface area contributed by atoms with Gasteiger partial charge in [-0.15, -0.1) is 0 Å². The van der Waals surface area contributed by atoms with E-state index < -0.39 is 5.60 Å². The van der Waals surface area contributed by atoms with Crippen LogP contribution in [0.15, 0.2) is 28.9 Å². The SMILES string of the molecule is CC(C)n1ncc2ccc(-c3noc(C4CCC(NC(=O)OC(C)(C)C)CC4)n3)cc21. The van der Waals surface area contributed by atoms with Crippen molar-refractivity contribution in [3.63, 3.8) is 0 Å². The average molecular weight is 426 g/mol. The summed E-state index contributed by atoms with van der Waals surface area (Å²) in [5, 5.41) is 12.8. The Kier molecular flexibility index (Phi) is 5.73. The smallest absolute Gasteiger partial charge is 0.407 e. The molecule has 1 saturated carbocycles. The first kappa shape index (κ1) is 21.3. The van der Waals surface area contributed by atoms with Crippen molar-refractivity contribution in [3.8, 4) is 11.4 Å². The first-order chi connectivity index (χ1) is 14.7. The van der Waals surface area contributed by atoms with E-state index in [0.717, 1.165) is 42.1 Å². The van der Waals surface area contributed by atoms with Crippen LogP contribution in [0, 0.1) is 0 Å². The van der Waals surface area contributed by atoms with Crippen LogP contribution in [0.4, 0.5) is 4.79 Å². The van der Waals surface area contributed by atoms with Gasteiger partial charge in [0, 0.05) is 29.0 Å². The lowest BCUT2D eigenvalue weighted by Gasteiger charge is -2.28. The standard InChI is InChI=1S/C23H31N5O3/c1-14(2)28-19-12-16(6-7-17(19)13-24-28)20-26-21(31-27-20)15-8-10-18(11-9-15)25-22(29)30-23(3,4)5/h6-7,12-15,18H,8-11H2,1-5H3,(H,25,29). The summed E-state index contributed by atoms with van der Waals surface area (Å²) in [5.74, 6) is 1.48. The van der Waals surface area contributed by atoms with Crippen LogP contribution in [0.1, 0.15) is 78.2 Å². The van der Waals surface area contributed by atoms with Crippen LogP contribution >= 0.6 is 0 Å². The van der Waals surface area contributed by atoms with Crippen molar-refractivity contribution in [2.45, 2.75) is 83.9 Å². The number of hydrogen-bond acceptors (Lipinski definition) is 6. The van der Waals surface area contributed by atoms with E-state index in [2.05, 4.69) is 40.5 Å². The van der Waals surface area contributed by atoms with Crippen LogP contribution in [0.5, 0.6) is 0 Å². The maximum atomic E-state index is 12.0. The van der Waals surface area contributed by atoms with Crippen molar-refractivity contribution in [1.82, 2.24) is 25.2 Å². The Balaban J connectivity index is 1.40. The molecule has 0 bridgehead atoms.